The minimum absolute atomic E-state index is 0.128. The van der Waals surface area contributed by atoms with Gasteiger partial charge in [-0.25, -0.2) is 0 Å². The number of phenolic OH excluding ortho intramolecular Hbond substituents is 1. The van der Waals surface area contributed by atoms with Gasteiger partial charge >= 0.3 is 5.69 Å². The van der Waals surface area contributed by atoms with Crippen LogP contribution in [0.25, 0.3) is 0 Å². The molecular weight excluding hydrogens is 262 g/mol. The number of likely N-dealkylation sites (tertiary alicyclic amines) is 1. The Bertz CT molecular complexity index is 499. The molecule has 1 aromatic rings. The van der Waals surface area contributed by atoms with Crippen molar-refractivity contribution in [3.8, 4) is 11.5 Å². The normalized spacial score (nSPS) is 17.1. The Morgan fingerprint density at radius 3 is 2.70 bits per heavy atom. The van der Waals surface area contributed by atoms with Crippen LogP contribution in [0.3, 0.4) is 0 Å². The molecule has 1 aliphatic rings. The van der Waals surface area contributed by atoms with Gasteiger partial charge in [0.25, 0.3) is 0 Å². The first-order valence-electron chi connectivity index (χ1n) is 6.53. The standard InChI is InChI=1S/C13H19N3O4/c1-20-12-7-9(6-11(13(12)17)16(18)19)8-15-4-2-10(14)3-5-15/h6-7,10,17H,2-5,8,14H2,1H3. The fourth-order valence-electron chi connectivity index (χ4n) is 2.40. The second-order valence-electron chi connectivity index (χ2n) is 5.04. The van der Waals surface area contributed by atoms with Crippen molar-refractivity contribution in [2.45, 2.75) is 25.4 Å². The van der Waals surface area contributed by atoms with Crippen molar-refractivity contribution < 1.29 is 14.8 Å². The number of nitro benzene ring substituents is 1. The van der Waals surface area contributed by atoms with Gasteiger partial charge in [-0.15, -0.1) is 0 Å². The van der Waals surface area contributed by atoms with Crippen molar-refractivity contribution in [2.75, 3.05) is 20.2 Å². The van der Waals surface area contributed by atoms with Gasteiger partial charge in [-0.05, 0) is 37.6 Å². The number of aromatic hydroxyl groups is 1. The molecule has 3 N–H and O–H groups in total. The first kappa shape index (κ1) is 14.5. The lowest BCUT2D eigenvalue weighted by atomic mass is 10.0. The highest BCUT2D eigenvalue weighted by atomic mass is 16.6. The lowest BCUT2D eigenvalue weighted by molar-refractivity contribution is -0.386. The molecule has 1 heterocycles. The van der Waals surface area contributed by atoms with Crippen LogP contribution in [-0.2, 0) is 6.54 Å². The number of hydrogen-bond donors (Lipinski definition) is 2. The van der Waals surface area contributed by atoms with E-state index in [4.69, 9.17) is 10.5 Å². The van der Waals surface area contributed by atoms with Crippen LogP contribution < -0.4 is 10.5 Å². The molecule has 0 amide bonds. The highest BCUT2D eigenvalue weighted by Crippen LogP contribution is 2.37. The van der Waals surface area contributed by atoms with Gasteiger partial charge < -0.3 is 15.6 Å². The van der Waals surface area contributed by atoms with Crippen molar-refractivity contribution >= 4 is 5.69 Å². The SMILES string of the molecule is COc1cc(CN2CCC(N)CC2)cc([N+](=O)[O-])c1O. The number of nitrogens with zero attached hydrogens (tertiary/aromatic N) is 2. The van der Waals surface area contributed by atoms with Crippen LogP contribution in [0.4, 0.5) is 5.69 Å². The Kier molecular flexibility index (Phi) is 4.41. The van der Waals surface area contributed by atoms with E-state index in [2.05, 4.69) is 4.90 Å². The summed E-state index contributed by atoms with van der Waals surface area (Å²) in [6.07, 6.45) is 1.86. The number of nitrogens with two attached hydrogens (primary N) is 1. The Morgan fingerprint density at radius 1 is 1.50 bits per heavy atom. The lowest BCUT2D eigenvalue weighted by Gasteiger charge is -2.30. The van der Waals surface area contributed by atoms with Gasteiger partial charge in [0, 0.05) is 18.7 Å². The fraction of sp³-hybridized carbons (Fsp3) is 0.538. The minimum atomic E-state index is -0.604. The van der Waals surface area contributed by atoms with E-state index in [1.54, 1.807) is 6.07 Å². The van der Waals surface area contributed by atoms with Gasteiger partial charge in [-0.3, -0.25) is 15.0 Å². The summed E-state index contributed by atoms with van der Waals surface area (Å²) >= 11 is 0. The molecular formula is C13H19N3O4. The summed E-state index contributed by atoms with van der Waals surface area (Å²) in [6, 6.07) is 3.28. The molecule has 0 unspecified atom stereocenters. The van der Waals surface area contributed by atoms with Gasteiger partial charge in [-0.2, -0.15) is 0 Å². The van der Waals surface area contributed by atoms with Gasteiger partial charge in [-0.1, -0.05) is 0 Å². The monoisotopic (exact) mass is 281 g/mol. The number of methoxy groups -OCH3 is 1. The largest absolute Gasteiger partial charge is 0.500 e. The van der Waals surface area contributed by atoms with E-state index < -0.39 is 10.7 Å². The number of benzene rings is 1. The Hall–Kier alpha value is -1.86. The molecule has 7 nitrogen and oxygen atoms in total. The zero-order valence-electron chi connectivity index (χ0n) is 11.4. The molecule has 1 aliphatic heterocycles. The fourth-order valence-corrected chi connectivity index (χ4v) is 2.40. The van der Waals surface area contributed by atoms with Gasteiger partial charge in [0.15, 0.2) is 5.75 Å². The lowest BCUT2D eigenvalue weighted by Crippen LogP contribution is -2.39. The first-order chi connectivity index (χ1) is 9.51. The van der Waals surface area contributed by atoms with Gasteiger partial charge in [0.2, 0.25) is 5.75 Å². The maximum absolute atomic E-state index is 10.9. The summed E-state index contributed by atoms with van der Waals surface area (Å²) in [7, 11) is 1.38. The van der Waals surface area contributed by atoms with Crippen molar-refractivity contribution in [2.24, 2.45) is 5.73 Å². The van der Waals surface area contributed by atoms with E-state index in [1.165, 1.54) is 13.2 Å². The number of nitro groups is 1. The summed E-state index contributed by atoms with van der Waals surface area (Å²) < 4.78 is 4.99. The zero-order valence-corrected chi connectivity index (χ0v) is 11.4. The molecule has 0 bridgehead atoms. The van der Waals surface area contributed by atoms with E-state index in [0.717, 1.165) is 31.5 Å². The van der Waals surface area contributed by atoms with Crippen LogP contribution in [0.15, 0.2) is 12.1 Å². The average molecular weight is 281 g/mol. The molecule has 1 aromatic carbocycles. The molecule has 0 spiro atoms. The van der Waals surface area contributed by atoms with Gasteiger partial charge in [0.05, 0.1) is 12.0 Å². The van der Waals surface area contributed by atoms with Crippen molar-refractivity contribution in [1.82, 2.24) is 4.90 Å². The third kappa shape index (κ3) is 3.17. The topological polar surface area (TPSA) is 102 Å². The second-order valence-corrected chi connectivity index (χ2v) is 5.04. The highest BCUT2D eigenvalue weighted by molar-refractivity contribution is 5.57. The van der Waals surface area contributed by atoms with E-state index in [0.29, 0.717) is 6.54 Å². The Morgan fingerprint density at radius 2 is 2.15 bits per heavy atom. The summed E-state index contributed by atoms with van der Waals surface area (Å²) in [6.45, 7) is 2.33. The third-order valence-electron chi connectivity index (χ3n) is 3.57. The maximum Gasteiger partial charge on any atom is 0.314 e. The highest BCUT2D eigenvalue weighted by Gasteiger charge is 2.22. The quantitative estimate of drug-likeness (QED) is 0.635. The van der Waals surface area contributed by atoms with Crippen LogP contribution in [-0.4, -0.2) is 41.2 Å². The first-order valence-corrected chi connectivity index (χ1v) is 6.53. The molecule has 0 aliphatic carbocycles. The van der Waals surface area contributed by atoms with Crippen LogP contribution in [0.5, 0.6) is 11.5 Å². The Labute approximate surface area is 117 Å². The Balaban J connectivity index is 2.19. The summed E-state index contributed by atoms with van der Waals surface area (Å²) in [5, 5.41) is 20.7. The van der Waals surface area contributed by atoms with E-state index >= 15 is 0 Å². The molecule has 0 radical (unpaired) electrons. The second kappa shape index (κ2) is 6.06. The van der Waals surface area contributed by atoms with E-state index in [-0.39, 0.29) is 17.5 Å². The zero-order chi connectivity index (χ0) is 14.7. The number of piperidine rings is 1. The van der Waals surface area contributed by atoms with Crippen LogP contribution >= 0.6 is 0 Å². The predicted octanol–water partition coefficient (Wildman–Crippen LogP) is 1.23. The van der Waals surface area contributed by atoms with Gasteiger partial charge in [0.1, 0.15) is 0 Å². The predicted molar refractivity (Wildman–Crippen MR) is 73.8 cm³/mol. The van der Waals surface area contributed by atoms with E-state index in [1.807, 2.05) is 0 Å². The molecule has 0 atom stereocenters. The molecule has 110 valence electrons. The molecule has 7 heteroatoms. The summed E-state index contributed by atoms with van der Waals surface area (Å²) in [4.78, 5) is 12.5. The average Bonchev–Trinajstić information content (AvgIpc) is 2.42. The third-order valence-corrected chi connectivity index (χ3v) is 3.57. The van der Waals surface area contributed by atoms with Crippen molar-refractivity contribution in [3.63, 3.8) is 0 Å². The number of hydrogen-bond acceptors (Lipinski definition) is 6. The van der Waals surface area contributed by atoms with E-state index in [9.17, 15) is 15.2 Å². The van der Waals surface area contributed by atoms with Crippen LogP contribution in [0.1, 0.15) is 18.4 Å². The summed E-state index contributed by atoms with van der Waals surface area (Å²) in [5.41, 5.74) is 6.28. The molecule has 1 saturated heterocycles. The number of phenols is 1. The molecule has 0 saturated carbocycles. The van der Waals surface area contributed by atoms with Crippen LogP contribution in [0, 0.1) is 10.1 Å². The van der Waals surface area contributed by atoms with Crippen LogP contribution in [0.2, 0.25) is 0 Å². The van der Waals surface area contributed by atoms with Crippen molar-refractivity contribution in [1.29, 1.82) is 0 Å². The minimum Gasteiger partial charge on any atom is -0.500 e. The van der Waals surface area contributed by atoms with Crippen molar-refractivity contribution in [3.05, 3.63) is 27.8 Å². The number of rotatable bonds is 4. The molecule has 1 fully saturated rings. The molecule has 0 aromatic heterocycles. The smallest absolute Gasteiger partial charge is 0.314 e. The molecule has 2 rings (SSSR count). The number of ether oxygens (including phenoxy) is 1. The maximum atomic E-state index is 10.9. The summed E-state index contributed by atoms with van der Waals surface area (Å²) in [5.74, 6) is -0.301. The molecule has 20 heavy (non-hydrogen) atoms.